The van der Waals surface area contributed by atoms with Crippen LogP contribution in [0.25, 0.3) is 0 Å². The van der Waals surface area contributed by atoms with Gasteiger partial charge in [-0.3, -0.25) is 9.69 Å². The van der Waals surface area contributed by atoms with Crippen molar-refractivity contribution in [1.29, 1.82) is 0 Å². The van der Waals surface area contributed by atoms with Crippen molar-refractivity contribution in [2.45, 2.75) is 44.6 Å². The highest BCUT2D eigenvalue weighted by atomic mass is 16.3. The van der Waals surface area contributed by atoms with E-state index in [1.807, 2.05) is 24.1 Å². The summed E-state index contributed by atoms with van der Waals surface area (Å²) < 4.78 is 0. The highest BCUT2D eigenvalue weighted by molar-refractivity contribution is 5.92. The minimum Gasteiger partial charge on any atom is -0.393 e. The second-order valence-electron chi connectivity index (χ2n) is 7.60. The Hall–Kier alpha value is -1.59. The third-order valence-electron chi connectivity index (χ3n) is 5.45. The van der Waals surface area contributed by atoms with Gasteiger partial charge in [0.05, 0.1) is 12.6 Å². The van der Waals surface area contributed by atoms with Crippen molar-refractivity contribution in [2.24, 2.45) is 5.92 Å². The fourth-order valence-corrected chi connectivity index (χ4v) is 4.05. The summed E-state index contributed by atoms with van der Waals surface area (Å²) in [5, 5.41) is 12.9. The van der Waals surface area contributed by atoms with Crippen molar-refractivity contribution in [1.82, 2.24) is 4.90 Å². The molecule has 25 heavy (non-hydrogen) atoms. The summed E-state index contributed by atoms with van der Waals surface area (Å²) in [5.74, 6) is 0.308. The van der Waals surface area contributed by atoms with Crippen LogP contribution in [0.3, 0.4) is 0 Å². The first-order chi connectivity index (χ1) is 12.1. The molecule has 0 bridgehead atoms. The van der Waals surface area contributed by atoms with E-state index in [1.54, 1.807) is 0 Å². The number of nitrogens with zero attached hydrogens (tertiary/aromatic N) is 2. The van der Waals surface area contributed by atoms with E-state index in [0.717, 1.165) is 44.6 Å². The summed E-state index contributed by atoms with van der Waals surface area (Å²) in [4.78, 5) is 16.7. The van der Waals surface area contributed by atoms with E-state index in [9.17, 15) is 9.90 Å². The SMILES string of the molecule is CN(CC(=O)Nc1ccc(N2CCCCC2)cc1)CC1CCCC1O. The molecule has 1 aromatic rings. The Labute approximate surface area is 151 Å². The number of hydrogen-bond acceptors (Lipinski definition) is 4. The summed E-state index contributed by atoms with van der Waals surface area (Å²) in [6.45, 7) is 3.40. The smallest absolute Gasteiger partial charge is 0.238 e. The maximum Gasteiger partial charge on any atom is 0.238 e. The number of hydrogen-bond donors (Lipinski definition) is 2. The molecule has 3 rings (SSSR count). The average Bonchev–Trinajstić information content (AvgIpc) is 3.01. The molecule has 5 heteroatoms. The molecule has 1 aliphatic carbocycles. The Morgan fingerprint density at radius 2 is 1.88 bits per heavy atom. The summed E-state index contributed by atoms with van der Waals surface area (Å²) >= 11 is 0. The summed E-state index contributed by atoms with van der Waals surface area (Å²) in [7, 11) is 1.95. The second kappa shape index (κ2) is 8.68. The van der Waals surface area contributed by atoms with Gasteiger partial charge in [-0.15, -0.1) is 0 Å². The molecule has 138 valence electrons. The van der Waals surface area contributed by atoms with Crippen molar-refractivity contribution in [3.63, 3.8) is 0 Å². The van der Waals surface area contributed by atoms with E-state index < -0.39 is 0 Å². The van der Waals surface area contributed by atoms with Gasteiger partial charge in [0, 0.05) is 31.0 Å². The molecular weight excluding hydrogens is 314 g/mol. The molecule has 2 N–H and O–H groups in total. The van der Waals surface area contributed by atoms with Crippen molar-refractivity contribution in [2.75, 3.05) is 43.4 Å². The average molecular weight is 345 g/mol. The lowest BCUT2D eigenvalue weighted by molar-refractivity contribution is -0.117. The molecule has 0 radical (unpaired) electrons. The van der Waals surface area contributed by atoms with E-state index >= 15 is 0 Å². The first-order valence-electron chi connectivity index (χ1n) is 9.63. The normalized spacial score (nSPS) is 23.9. The van der Waals surface area contributed by atoms with Crippen molar-refractivity contribution >= 4 is 17.3 Å². The van der Waals surface area contributed by atoms with Crippen molar-refractivity contribution in [3.05, 3.63) is 24.3 Å². The van der Waals surface area contributed by atoms with Crippen LogP contribution in [-0.2, 0) is 4.79 Å². The molecule has 1 saturated carbocycles. The lowest BCUT2D eigenvalue weighted by atomic mass is 10.1. The van der Waals surface area contributed by atoms with E-state index in [4.69, 9.17) is 0 Å². The van der Waals surface area contributed by atoms with Crippen molar-refractivity contribution < 1.29 is 9.90 Å². The monoisotopic (exact) mass is 345 g/mol. The minimum absolute atomic E-state index is 0.000657. The molecule has 2 aliphatic rings. The number of likely N-dealkylation sites (N-methyl/N-ethyl adjacent to an activating group) is 1. The maximum atomic E-state index is 12.2. The van der Waals surface area contributed by atoms with Gasteiger partial charge in [0.1, 0.15) is 0 Å². The number of nitrogens with one attached hydrogen (secondary N) is 1. The standard InChI is InChI=1S/C20H31N3O2/c1-22(14-16-6-5-7-19(16)24)15-20(25)21-17-8-10-18(11-9-17)23-12-3-2-4-13-23/h8-11,16,19,24H,2-7,12-15H2,1H3,(H,21,25). The number of anilines is 2. The summed E-state index contributed by atoms with van der Waals surface area (Å²) in [6.07, 6.45) is 6.71. The van der Waals surface area contributed by atoms with Crippen LogP contribution in [0.2, 0.25) is 0 Å². The quantitative estimate of drug-likeness (QED) is 0.832. The number of aliphatic hydroxyl groups excluding tert-OH is 1. The van der Waals surface area contributed by atoms with Crippen LogP contribution in [0.4, 0.5) is 11.4 Å². The van der Waals surface area contributed by atoms with Gasteiger partial charge in [0.2, 0.25) is 5.91 Å². The summed E-state index contributed by atoms with van der Waals surface area (Å²) in [5.41, 5.74) is 2.09. The zero-order valence-electron chi connectivity index (χ0n) is 15.3. The third kappa shape index (κ3) is 5.19. The third-order valence-corrected chi connectivity index (χ3v) is 5.45. The van der Waals surface area contributed by atoms with E-state index in [1.165, 1.54) is 24.9 Å². The lowest BCUT2D eigenvalue weighted by Gasteiger charge is -2.28. The largest absolute Gasteiger partial charge is 0.393 e. The molecule has 2 unspecified atom stereocenters. The van der Waals surface area contributed by atoms with Crippen LogP contribution in [0, 0.1) is 5.92 Å². The van der Waals surface area contributed by atoms with Crippen LogP contribution < -0.4 is 10.2 Å². The molecule has 2 fully saturated rings. The van der Waals surface area contributed by atoms with E-state index in [-0.39, 0.29) is 12.0 Å². The molecule has 5 nitrogen and oxygen atoms in total. The van der Waals surface area contributed by atoms with Crippen LogP contribution in [0.15, 0.2) is 24.3 Å². The molecule has 0 aromatic heterocycles. The molecule has 2 atom stereocenters. The fraction of sp³-hybridized carbons (Fsp3) is 0.650. The Balaban J connectivity index is 1.45. The molecule has 1 aliphatic heterocycles. The van der Waals surface area contributed by atoms with Gasteiger partial charge in [-0.25, -0.2) is 0 Å². The Morgan fingerprint density at radius 3 is 2.52 bits per heavy atom. The fourth-order valence-electron chi connectivity index (χ4n) is 4.05. The van der Waals surface area contributed by atoms with Crippen molar-refractivity contribution in [3.8, 4) is 0 Å². The predicted octanol–water partition coefficient (Wildman–Crippen LogP) is 2.71. The van der Waals surface area contributed by atoms with Gasteiger partial charge in [-0.1, -0.05) is 6.42 Å². The van der Waals surface area contributed by atoms with Crippen LogP contribution in [0.5, 0.6) is 0 Å². The zero-order chi connectivity index (χ0) is 17.6. The Bertz CT molecular complexity index is 555. The number of carbonyl (C=O) groups excluding carboxylic acids is 1. The Kier molecular flexibility index (Phi) is 6.32. The van der Waals surface area contributed by atoms with Gasteiger partial charge in [-0.2, -0.15) is 0 Å². The van der Waals surface area contributed by atoms with E-state index in [0.29, 0.717) is 12.5 Å². The topological polar surface area (TPSA) is 55.8 Å². The first-order valence-corrected chi connectivity index (χ1v) is 9.63. The van der Waals surface area contributed by atoms with Gasteiger partial charge in [0.15, 0.2) is 0 Å². The molecule has 0 spiro atoms. The van der Waals surface area contributed by atoms with Crippen LogP contribution in [-0.4, -0.2) is 55.2 Å². The number of carbonyl (C=O) groups is 1. The number of benzene rings is 1. The highest BCUT2D eigenvalue weighted by Crippen LogP contribution is 2.26. The minimum atomic E-state index is -0.201. The summed E-state index contributed by atoms with van der Waals surface area (Å²) in [6, 6.07) is 8.17. The number of amides is 1. The molecule has 1 saturated heterocycles. The maximum absolute atomic E-state index is 12.2. The van der Waals surface area contributed by atoms with Gasteiger partial charge < -0.3 is 15.3 Å². The molecule has 1 amide bonds. The van der Waals surface area contributed by atoms with Crippen LogP contribution >= 0.6 is 0 Å². The first kappa shape index (κ1) is 18.2. The highest BCUT2D eigenvalue weighted by Gasteiger charge is 2.26. The number of rotatable bonds is 6. The second-order valence-corrected chi connectivity index (χ2v) is 7.60. The van der Waals surface area contributed by atoms with E-state index in [2.05, 4.69) is 22.3 Å². The molecule has 1 heterocycles. The van der Waals surface area contributed by atoms with Gasteiger partial charge in [-0.05, 0) is 69.3 Å². The number of piperidine rings is 1. The predicted molar refractivity (Wildman–Crippen MR) is 102 cm³/mol. The lowest BCUT2D eigenvalue weighted by Crippen LogP contribution is -2.35. The molecular formula is C20H31N3O2. The number of aliphatic hydroxyl groups is 1. The zero-order valence-corrected chi connectivity index (χ0v) is 15.3. The van der Waals surface area contributed by atoms with Gasteiger partial charge in [0.25, 0.3) is 0 Å². The van der Waals surface area contributed by atoms with Gasteiger partial charge >= 0.3 is 0 Å². The Morgan fingerprint density at radius 1 is 1.16 bits per heavy atom. The molecule has 1 aromatic carbocycles. The van der Waals surface area contributed by atoms with Crippen LogP contribution in [0.1, 0.15) is 38.5 Å².